The van der Waals surface area contributed by atoms with Crippen LogP contribution in [-0.2, 0) is 11.2 Å². The van der Waals surface area contributed by atoms with E-state index in [-0.39, 0.29) is 5.91 Å². The number of nitrogens with two attached hydrogens (primary N) is 1. The van der Waals surface area contributed by atoms with E-state index in [1.54, 1.807) is 18.6 Å². The van der Waals surface area contributed by atoms with Crippen molar-refractivity contribution in [1.29, 1.82) is 0 Å². The van der Waals surface area contributed by atoms with Crippen molar-refractivity contribution in [2.24, 2.45) is 5.73 Å². The van der Waals surface area contributed by atoms with Gasteiger partial charge < -0.3 is 5.73 Å². The molecule has 0 aliphatic rings. The summed E-state index contributed by atoms with van der Waals surface area (Å²) in [5, 5.41) is 0. The van der Waals surface area contributed by atoms with E-state index in [2.05, 4.69) is 9.97 Å². The summed E-state index contributed by atoms with van der Waals surface area (Å²) in [5.41, 5.74) is 5.75. The first-order valence-corrected chi connectivity index (χ1v) is 3.32. The second kappa shape index (κ2) is 3.65. The summed E-state index contributed by atoms with van der Waals surface area (Å²) >= 11 is 0. The Morgan fingerprint density at radius 1 is 1.55 bits per heavy atom. The number of hydrogen-bond donors (Lipinski definition) is 1. The molecule has 1 aromatic heterocycles. The van der Waals surface area contributed by atoms with Crippen molar-refractivity contribution in [3.05, 3.63) is 24.3 Å². The molecule has 1 amide bonds. The highest BCUT2D eigenvalue weighted by molar-refractivity contribution is 5.73. The Balaban J connectivity index is 2.45. The first kappa shape index (κ1) is 7.65. The average molecular weight is 151 g/mol. The van der Waals surface area contributed by atoms with Crippen molar-refractivity contribution in [2.45, 2.75) is 12.8 Å². The van der Waals surface area contributed by atoms with Crippen LogP contribution in [0.4, 0.5) is 0 Å². The number of aryl methyl sites for hydroxylation is 1. The number of carbonyl (C=O) groups is 1. The molecule has 1 rings (SSSR count). The molecule has 0 saturated heterocycles. The normalized spacial score (nSPS) is 9.45. The summed E-state index contributed by atoms with van der Waals surface area (Å²) in [7, 11) is 0. The third kappa shape index (κ3) is 2.75. The molecule has 0 bridgehead atoms. The number of rotatable bonds is 3. The fourth-order valence-corrected chi connectivity index (χ4v) is 0.710. The van der Waals surface area contributed by atoms with E-state index in [9.17, 15) is 4.79 Å². The Morgan fingerprint density at radius 3 is 2.91 bits per heavy atom. The number of carbonyl (C=O) groups excluding carboxylic acids is 1. The molecule has 0 saturated carbocycles. The number of hydrogen-bond acceptors (Lipinski definition) is 3. The lowest BCUT2D eigenvalue weighted by Gasteiger charge is -1.94. The van der Waals surface area contributed by atoms with Gasteiger partial charge in [0.15, 0.2) is 0 Å². The third-order valence-corrected chi connectivity index (χ3v) is 1.24. The van der Waals surface area contributed by atoms with Crippen LogP contribution in [0.1, 0.15) is 12.1 Å². The predicted octanol–water partition coefficient (Wildman–Crippen LogP) is -0.106. The molecule has 0 unspecified atom stereocenters. The fraction of sp³-hybridized carbons (Fsp3) is 0.286. The quantitative estimate of drug-likeness (QED) is 0.655. The fourth-order valence-electron chi connectivity index (χ4n) is 0.710. The van der Waals surface area contributed by atoms with E-state index < -0.39 is 0 Å². The summed E-state index contributed by atoms with van der Waals surface area (Å²) in [6.07, 6.45) is 5.72. The van der Waals surface area contributed by atoms with E-state index in [1.807, 2.05) is 0 Å². The van der Waals surface area contributed by atoms with Crippen LogP contribution >= 0.6 is 0 Å². The van der Waals surface area contributed by atoms with Gasteiger partial charge in [-0.15, -0.1) is 0 Å². The second-order valence-corrected chi connectivity index (χ2v) is 2.16. The molecule has 0 aromatic carbocycles. The third-order valence-electron chi connectivity index (χ3n) is 1.24. The van der Waals surface area contributed by atoms with Crippen molar-refractivity contribution < 1.29 is 4.79 Å². The average Bonchev–Trinajstić information content (AvgIpc) is 2.03. The van der Waals surface area contributed by atoms with Gasteiger partial charge in [0.2, 0.25) is 5.91 Å². The van der Waals surface area contributed by atoms with Gasteiger partial charge in [0.25, 0.3) is 0 Å². The predicted molar refractivity (Wildman–Crippen MR) is 39.5 cm³/mol. The van der Waals surface area contributed by atoms with Crippen molar-refractivity contribution >= 4 is 5.91 Å². The lowest BCUT2D eigenvalue weighted by Crippen LogP contribution is -2.11. The minimum absolute atomic E-state index is 0.310. The molecular weight excluding hydrogens is 142 g/mol. The molecule has 0 aliphatic carbocycles. The zero-order valence-corrected chi connectivity index (χ0v) is 6.03. The van der Waals surface area contributed by atoms with Crippen LogP contribution in [0.2, 0.25) is 0 Å². The van der Waals surface area contributed by atoms with Gasteiger partial charge in [0.05, 0.1) is 5.69 Å². The Hall–Kier alpha value is -1.45. The van der Waals surface area contributed by atoms with Crippen molar-refractivity contribution in [1.82, 2.24) is 9.97 Å². The Morgan fingerprint density at radius 2 is 2.36 bits per heavy atom. The lowest BCUT2D eigenvalue weighted by molar-refractivity contribution is -0.118. The second-order valence-electron chi connectivity index (χ2n) is 2.16. The number of primary amides is 1. The summed E-state index contributed by atoms with van der Waals surface area (Å²) in [6.45, 7) is 0. The minimum atomic E-state index is -0.310. The molecule has 0 fully saturated rings. The smallest absolute Gasteiger partial charge is 0.217 e. The maximum Gasteiger partial charge on any atom is 0.217 e. The highest BCUT2D eigenvalue weighted by atomic mass is 16.1. The van der Waals surface area contributed by atoms with Gasteiger partial charge in [-0.25, -0.2) is 0 Å². The SMILES string of the molecule is NC(=O)CCc1cnccn1. The van der Waals surface area contributed by atoms with E-state index in [1.165, 1.54) is 0 Å². The van der Waals surface area contributed by atoms with Crippen LogP contribution in [0.5, 0.6) is 0 Å². The van der Waals surface area contributed by atoms with Crippen LogP contribution in [0, 0.1) is 0 Å². The van der Waals surface area contributed by atoms with Crippen LogP contribution in [-0.4, -0.2) is 15.9 Å². The van der Waals surface area contributed by atoms with Crippen molar-refractivity contribution in [3.8, 4) is 0 Å². The van der Waals surface area contributed by atoms with Crippen molar-refractivity contribution in [3.63, 3.8) is 0 Å². The van der Waals surface area contributed by atoms with Gasteiger partial charge in [-0.05, 0) is 6.42 Å². The maximum atomic E-state index is 10.3. The van der Waals surface area contributed by atoms with E-state index in [4.69, 9.17) is 5.73 Å². The summed E-state index contributed by atoms with van der Waals surface area (Å²) in [6, 6.07) is 0. The maximum absolute atomic E-state index is 10.3. The molecule has 2 N–H and O–H groups in total. The first-order chi connectivity index (χ1) is 5.29. The van der Waals surface area contributed by atoms with E-state index in [0.717, 1.165) is 5.69 Å². The van der Waals surface area contributed by atoms with Crippen molar-refractivity contribution in [2.75, 3.05) is 0 Å². The Labute approximate surface area is 64.5 Å². The summed E-state index contributed by atoms with van der Waals surface area (Å²) < 4.78 is 0. The van der Waals surface area contributed by atoms with Gasteiger partial charge in [0.1, 0.15) is 0 Å². The summed E-state index contributed by atoms with van der Waals surface area (Å²) in [5.74, 6) is -0.310. The van der Waals surface area contributed by atoms with Gasteiger partial charge in [-0.2, -0.15) is 0 Å². The van der Waals surface area contributed by atoms with Gasteiger partial charge in [-0.1, -0.05) is 0 Å². The molecule has 11 heavy (non-hydrogen) atoms. The molecule has 1 heterocycles. The monoisotopic (exact) mass is 151 g/mol. The number of amides is 1. The van der Waals surface area contributed by atoms with Gasteiger partial charge in [-0.3, -0.25) is 14.8 Å². The first-order valence-electron chi connectivity index (χ1n) is 3.32. The Bertz CT molecular complexity index is 235. The minimum Gasteiger partial charge on any atom is -0.370 e. The van der Waals surface area contributed by atoms with Crippen LogP contribution in [0.3, 0.4) is 0 Å². The molecule has 4 heteroatoms. The molecule has 1 aromatic rings. The molecule has 0 aliphatic heterocycles. The highest BCUT2D eigenvalue weighted by Gasteiger charge is 1.96. The molecule has 0 radical (unpaired) electrons. The molecule has 0 spiro atoms. The van der Waals surface area contributed by atoms with E-state index in [0.29, 0.717) is 12.8 Å². The van der Waals surface area contributed by atoms with E-state index >= 15 is 0 Å². The van der Waals surface area contributed by atoms with Crippen LogP contribution < -0.4 is 5.73 Å². The number of aromatic nitrogens is 2. The molecule has 58 valence electrons. The molecule has 0 atom stereocenters. The van der Waals surface area contributed by atoms with Gasteiger partial charge >= 0.3 is 0 Å². The Kier molecular flexibility index (Phi) is 2.54. The standard InChI is InChI=1S/C7H9N3O/c8-7(11)2-1-6-5-9-3-4-10-6/h3-5H,1-2H2,(H2,8,11). The summed E-state index contributed by atoms with van der Waals surface area (Å²) in [4.78, 5) is 18.2. The van der Waals surface area contributed by atoms with Crippen LogP contribution in [0.25, 0.3) is 0 Å². The van der Waals surface area contributed by atoms with Gasteiger partial charge in [0, 0.05) is 25.0 Å². The highest BCUT2D eigenvalue weighted by Crippen LogP contribution is 1.94. The largest absolute Gasteiger partial charge is 0.370 e. The van der Waals surface area contributed by atoms with Crippen LogP contribution in [0.15, 0.2) is 18.6 Å². The topological polar surface area (TPSA) is 68.9 Å². The zero-order chi connectivity index (χ0) is 8.10. The number of nitrogens with zero attached hydrogens (tertiary/aromatic N) is 2. The zero-order valence-electron chi connectivity index (χ0n) is 6.03. The molecular formula is C7H9N3O. The lowest BCUT2D eigenvalue weighted by atomic mass is 10.2. The molecule has 4 nitrogen and oxygen atoms in total.